The highest BCUT2D eigenvalue weighted by Gasteiger charge is 2.10. The van der Waals surface area contributed by atoms with Gasteiger partial charge in [0.15, 0.2) is 5.78 Å². The normalized spacial score (nSPS) is 11.7. The molecule has 2 aromatic rings. The van der Waals surface area contributed by atoms with Crippen molar-refractivity contribution in [3.05, 3.63) is 41.7 Å². The Morgan fingerprint density at radius 3 is 2.67 bits per heavy atom. The number of carboxylic acid groups (broad SMARTS) is 1. The Bertz CT molecular complexity index is 601. The van der Waals surface area contributed by atoms with E-state index in [1.807, 2.05) is 24.3 Å². The zero-order valence-electron chi connectivity index (χ0n) is 9.84. The largest absolute Gasteiger partial charge is 0.481 e. The molecule has 92 valence electrons. The highest BCUT2D eigenvalue weighted by atomic mass is 16.4. The van der Waals surface area contributed by atoms with Crippen LogP contribution in [0.3, 0.4) is 0 Å². The number of furan rings is 1. The summed E-state index contributed by atoms with van der Waals surface area (Å²) in [6.45, 7) is 1.34. The van der Waals surface area contributed by atoms with E-state index in [0.29, 0.717) is 11.3 Å². The highest BCUT2D eigenvalue weighted by molar-refractivity contribution is 6.01. The van der Waals surface area contributed by atoms with Gasteiger partial charge in [-0.05, 0) is 25.1 Å². The minimum atomic E-state index is -1.03. The van der Waals surface area contributed by atoms with Crippen LogP contribution in [0.15, 0.2) is 40.3 Å². The summed E-state index contributed by atoms with van der Waals surface area (Å²) in [6, 6.07) is 9.22. The maximum Gasteiger partial charge on any atom is 0.307 e. The lowest BCUT2D eigenvalue weighted by molar-refractivity contribution is -0.136. The molecule has 0 spiro atoms. The molecule has 0 atom stereocenters. The Morgan fingerprint density at radius 2 is 2.06 bits per heavy atom. The van der Waals surface area contributed by atoms with Gasteiger partial charge in [0.1, 0.15) is 11.3 Å². The van der Waals surface area contributed by atoms with Crippen LogP contribution in [0.4, 0.5) is 0 Å². The molecule has 0 aliphatic heterocycles. The van der Waals surface area contributed by atoms with Crippen LogP contribution < -0.4 is 0 Å². The van der Waals surface area contributed by atoms with E-state index >= 15 is 0 Å². The van der Waals surface area contributed by atoms with E-state index in [0.717, 1.165) is 5.39 Å². The summed E-state index contributed by atoms with van der Waals surface area (Å²) >= 11 is 0. The molecule has 2 rings (SSSR count). The average molecular weight is 244 g/mol. The van der Waals surface area contributed by atoms with E-state index in [1.165, 1.54) is 13.0 Å². The van der Waals surface area contributed by atoms with Crippen LogP contribution in [0.5, 0.6) is 0 Å². The summed E-state index contributed by atoms with van der Waals surface area (Å²) in [5.74, 6) is -0.812. The van der Waals surface area contributed by atoms with Crippen molar-refractivity contribution in [2.45, 2.75) is 13.3 Å². The number of benzene rings is 1. The van der Waals surface area contributed by atoms with Crippen LogP contribution in [-0.4, -0.2) is 16.9 Å². The quantitative estimate of drug-likeness (QED) is 0.840. The summed E-state index contributed by atoms with van der Waals surface area (Å²) in [5.41, 5.74) is 0.934. The third-order valence-electron chi connectivity index (χ3n) is 2.55. The van der Waals surface area contributed by atoms with Gasteiger partial charge in [-0.15, -0.1) is 0 Å². The molecule has 1 N–H and O–H groups in total. The van der Waals surface area contributed by atoms with Crippen LogP contribution in [0.1, 0.15) is 19.1 Å². The van der Waals surface area contributed by atoms with Crippen molar-refractivity contribution in [1.82, 2.24) is 0 Å². The first-order chi connectivity index (χ1) is 8.56. The van der Waals surface area contributed by atoms with Crippen LogP contribution in [0.2, 0.25) is 0 Å². The van der Waals surface area contributed by atoms with Crippen molar-refractivity contribution in [2.24, 2.45) is 0 Å². The molecule has 0 aliphatic rings. The number of carboxylic acids is 1. The molecule has 0 radical (unpaired) electrons. The second-order valence-corrected chi connectivity index (χ2v) is 3.98. The maximum absolute atomic E-state index is 11.3. The van der Waals surface area contributed by atoms with E-state index < -0.39 is 5.97 Å². The molecule has 0 saturated heterocycles. The van der Waals surface area contributed by atoms with Crippen molar-refractivity contribution >= 4 is 28.8 Å². The molecule has 0 bridgehead atoms. The second kappa shape index (κ2) is 4.87. The monoisotopic (exact) mass is 244 g/mol. The number of Topliss-reactive ketones (excluding diaryl/α,β-unsaturated/α-hetero) is 1. The van der Waals surface area contributed by atoms with Crippen molar-refractivity contribution in [3.63, 3.8) is 0 Å². The molecule has 0 fully saturated rings. The third kappa shape index (κ3) is 2.66. The minimum absolute atomic E-state index is 0.224. The Kier molecular flexibility index (Phi) is 3.28. The van der Waals surface area contributed by atoms with Crippen molar-refractivity contribution in [3.8, 4) is 0 Å². The number of aliphatic carboxylic acids is 1. The summed E-state index contributed by atoms with van der Waals surface area (Å²) in [7, 11) is 0. The Labute approximate surface area is 104 Å². The van der Waals surface area contributed by atoms with Gasteiger partial charge in [-0.2, -0.15) is 0 Å². The number of hydrogen-bond donors (Lipinski definition) is 1. The van der Waals surface area contributed by atoms with E-state index in [-0.39, 0.29) is 17.8 Å². The number of rotatable bonds is 4. The number of ketones is 1. The van der Waals surface area contributed by atoms with Gasteiger partial charge in [-0.25, -0.2) is 0 Å². The molecule has 0 amide bonds. The lowest BCUT2D eigenvalue weighted by atomic mass is 10.1. The fourth-order valence-electron chi connectivity index (χ4n) is 1.69. The van der Waals surface area contributed by atoms with Crippen molar-refractivity contribution in [1.29, 1.82) is 0 Å². The van der Waals surface area contributed by atoms with Gasteiger partial charge in [0.25, 0.3) is 0 Å². The second-order valence-electron chi connectivity index (χ2n) is 3.98. The average Bonchev–Trinajstić information content (AvgIpc) is 2.69. The van der Waals surface area contributed by atoms with Crippen LogP contribution in [-0.2, 0) is 9.59 Å². The molecule has 0 saturated carbocycles. The lowest BCUT2D eigenvalue weighted by Crippen LogP contribution is -2.03. The van der Waals surface area contributed by atoms with Crippen molar-refractivity contribution < 1.29 is 19.1 Å². The molecular formula is C14H12O4. The summed E-state index contributed by atoms with van der Waals surface area (Å²) in [4.78, 5) is 22.0. The number of fused-ring (bicyclic) bond motifs is 1. The maximum atomic E-state index is 11.3. The molecule has 1 aromatic carbocycles. The van der Waals surface area contributed by atoms with Crippen molar-refractivity contribution in [2.75, 3.05) is 0 Å². The van der Waals surface area contributed by atoms with Gasteiger partial charge in [0.2, 0.25) is 0 Å². The molecule has 0 unspecified atom stereocenters. The molecule has 18 heavy (non-hydrogen) atoms. The summed E-state index contributed by atoms with van der Waals surface area (Å²) < 4.78 is 5.51. The van der Waals surface area contributed by atoms with Gasteiger partial charge in [-0.3, -0.25) is 9.59 Å². The lowest BCUT2D eigenvalue weighted by Gasteiger charge is -1.97. The smallest absolute Gasteiger partial charge is 0.307 e. The molecular weight excluding hydrogens is 232 g/mol. The SMILES string of the molecule is CC(=O)C(=Cc1cc2ccccc2o1)CC(=O)O. The summed E-state index contributed by atoms with van der Waals surface area (Å²) in [5, 5.41) is 9.65. The van der Waals surface area contributed by atoms with Gasteiger partial charge < -0.3 is 9.52 Å². The number of carbonyl (C=O) groups is 2. The van der Waals surface area contributed by atoms with Gasteiger partial charge in [-0.1, -0.05) is 18.2 Å². The summed E-state index contributed by atoms with van der Waals surface area (Å²) in [6.07, 6.45) is 1.18. The highest BCUT2D eigenvalue weighted by Crippen LogP contribution is 2.21. The number of hydrogen-bond acceptors (Lipinski definition) is 3. The van der Waals surface area contributed by atoms with E-state index in [2.05, 4.69) is 0 Å². The fraction of sp³-hybridized carbons (Fsp3) is 0.143. The van der Waals surface area contributed by atoms with Gasteiger partial charge >= 0.3 is 5.97 Å². The first-order valence-electron chi connectivity index (χ1n) is 5.48. The number of carbonyl (C=O) groups excluding carboxylic acids is 1. The van der Waals surface area contributed by atoms with E-state index in [4.69, 9.17) is 9.52 Å². The zero-order chi connectivity index (χ0) is 13.1. The number of para-hydroxylation sites is 1. The Hall–Kier alpha value is -2.36. The zero-order valence-corrected chi connectivity index (χ0v) is 9.84. The van der Waals surface area contributed by atoms with Crippen LogP contribution in [0, 0.1) is 0 Å². The Balaban J connectivity index is 2.39. The predicted octanol–water partition coefficient (Wildman–Crippen LogP) is 2.88. The fourth-order valence-corrected chi connectivity index (χ4v) is 1.69. The first-order valence-corrected chi connectivity index (χ1v) is 5.48. The molecule has 4 heteroatoms. The van der Waals surface area contributed by atoms with Gasteiger partial charge in [0.05, 0.1) is 6.42 Å². The van der Waals surface area contributed by atoms with Crippen LogP contribution >= 0.6 is 0 Å². The van der Waals surface area contributed by atoms with E-state index in [9.17, 15) is 9.59 Å². The molecule has 4 nitrogen and oxygen atoms in total. The topological polar surface area (TPSA) is 67.5 Å². The first kappa shape index (κ1) is 12.1. The molecule has 0 aliphatic carbocycles. The van der Waals surface area contributed by atoms with Crippen LogP contribution in [0.25, 0.3) is 17.0 Å². The standard InChI is InChI=1S/C14H12O4/c1-9(15)11(8-14(16)17)7-12-6-10-4-2-3-5-13(10)18-12/h2-7H,8H2,1H3,(H,16,17). The minimum Gasteiger partial charge on any atom is -0.481 e. The van der Waals surface area contributed by atoms with Gasteiger partial charge in [0, 0.05) is 11.0 Å². The predicted molar refractivity (Wildman–Crippen MR) is 67.1 cm³/mol. The van der Waals surface area contributed by atoms with E-state index in [1.54, 1.807) is 6.07 Å². The molecule has 1 heterocycles. The third-order valence-corrected chi connectivity index (χ3v) is 2.55. The molecule has 1 aromatic heterocycles. The Morgan fingerprint density at radius 1 is 1.33 bits per heavy atom.